The molecule has 0 fully saturated rings. The molecule has 1 aromatic carbocycles. The van der Waals surface area contributed by atoms with E-state index in [1.807, 2.05) is 19.9 Å². The molecular formula is C17H22O5. The number of hydrogen-bond acceptors (Lipinski definition) is 5. The fourth-order valence-corrected chi connectivity index (χ4v) is 2.76. The number of aldehydes is 1. The summed E-state index contributed by atoms with van der Waals surface area (Å²) in [5, 5.41) is 30.7. The van der Waals surface area contributed by atoms with Crippen LogP contribution in [0.3, 0.4) is 0 Å². The van der Waals surface area contributed by atoms with Crippen molar-refractivity contribution in [2.75, 3.05) is 0 Å². The van der Waals surface area contributed by atoms with Crippen LogP contribution in [0.4, 0.5) is 0 Å². The van der Waals surface area contributed by atoms with Crippen molar-refractivity contribution in [2.24, 2.45) is 0 Å². The Morgan fingerprint density at radius 1 is 1.41 bits per heavy atom. The standard InChI is InChI=1S/C17H22O5/c1-10(2)5-4-6-17(3,21)16-15(20)14-11(9-18)7-12(19)8-13(14)22-16/h5,7-9,15-16,19-21H,4,6H2,1-3H3/t15-,16-,17+/m1/s1. The Hall–Kier alpha value is -1.85. The molecule has 0 radical (unpaired) electrons. The average Bonchev–Trinajstić information content (AvgIpc) is 2.75. The SMILES string of the molecule is CC(C)=CCC[C@](C)(O)[C@@H]1Oc2cc(O)cc(C=O)c2[C@H]1O. The first-order chi connectivity index (χ1) is 10.3. The van der Waals surface area contributed by atoms with Crippen molar-refractivity contribution in [3.05, 3.63) is 34.9 Å². The summed E-state index contributed by atoms with van der Waals surface area (Å²) in [4.78, 5) is 11.1. The zero-order valence-corrected chi connectivity index (χ0v) is 13.0. The highest BCUT2D eigenvalue weighted by atomic mass is 16.5. The first kappa shape index (κ1) is 16.5. The van der Waals surface area contributed by atoms with Gasteiger partial charge in [0.05, 0.1) is 0 Å². The zero-order chi connectivity index (χ0) is 16.5. The van der Waals surface area contributed by atoms with E-state index in [0.717, 1.165) is 5.57 Å². The van der Waals surface area contributed by atoms with E-state index < -0.39 is 17.8 Å². The number of hydrogen-bond donors (Lipinski definition) is 3. The molecule has 1 aromatic rings. The van der Waals surface area contributed by atoms with Crippen LogP contribution in [-0.2, 0) is 0 Å². The van der Waals surface area contributed by atoms with Crippen LogP contribution in [0.2, 0.25) is 0 Å². The molecule has 1 aliphatic heterocycles. The van der Waals surface area contributed by atoms with E-state index in [0.29, 0.717) is 24.7 Å². The number of fused-ring (bicyclic) bond motifs is 1. The largest absolute Gasteiger partial charge is 0.508 e. The predicted molar refractivity (Wildman–Crippen MR) is 82.2 cm³/mol. The van der Waals surface area contributed by atoms with Gasteiger partial charge in [0.15, 0.2) is 12.4 Å². The fourth-order valence-electron chi connectivity index (χ4n) is 2.76. The molecule has 3 N–H and O–H groups in total. The second kappa shape index (κ2) is 6.10. The van der Waals surface area contributed by atoms with Crippen molar-refractivity contribution >= 4 is 6.29 Å². The molecule has 0 amide bonds. The van der Waals surface area contributed by atoms with E-state index in [1.54, 1.807) is 6.92 Å². The van der Waals surface area contributed by atoms with Crippen LogP contribution >= 0.6 is 0 Å². The summed E-state index contributed by atoms with van der Waals surface area (Å²) in [5.41, 5.74) is 0.380. The van der Waals surface area contributed by atoms with Crippen LogP contribution < -0.4 is 4.74 Å². The fraction of sp³-hybridized carbons (Fsp3) is 0.471. The highest BCUT2D eigenvalue weighted by Gasteiger charge is 2.45. The average molecular weight is 306 g/mol. The lowest BCUT2D eigenvalue weighted by Crippen LogP contribution is -2.44. The van der Waals surface area contributed by atoms with Crippen LogP contribution in [0.1, 0.15) is 55.6 Å². The van der Waals surface area contributed by atoms with Crippen LogP contribution in [0.15, 0.2) is 23.8 Å². The molecular weight excluding hydrogens is 284 g/mol. The van der Waals surface area contributed by atoms with Gasteiger partial charge in [0.1, 0.15) is 23.2 Å². The molecule has 1 aliphatic rings. The van der Waals surface area contributed by atoms with E-state index >= 15 is 0 Å². The number of carbonyl (C=O) groups excluding carboxylic acids is 1. The quantitative estimate of drug-likeness (QED) is 0.575. The summed E-state index contributed by atoms with van der Waals surface area (Å²) in [6.45, 7) is 5.56. The minimum atomic E-state index is -1.26. The highest BCUT2D eigenvalue weighted by molar-refractivity contribution is 5.80. The van der Waals surface area contributed by atoms with Crippen molar-refractivity contribution in [1.29, 1.82) is 0 Å². The molecule has 22 heavy (non-hydrogen) atoms. The maximum absolute atomic E-state index is 11.1. The number of phenolic OH excluding ortho intramolecular Hbond substituents is 1. The summed E-state index contributed by atoms with van der Waals surface area (Å²) in [6, 6.07) is 2.62. The molecule has 0 bridgehead atoms. The van der Waals surface area contributed by atoms with Gasteiger partial charge in [-0.05, 0) is 39.7 Å². The van der Waals surface area contributed by atoms with Gasteiger partial charge in [0.2, 0.25) is 0 Å². The van der Waals surface area contributed by atoms with Gasteiger partial charge in [-0.3, -0.25) is 4.79 Å². The third-order valence-electron chi connectivity index (χ3n) is 3.94. The second-order valence-electron chi connectivity index (χ2n) is 6.23. The van der Waals surface area contributed by atoms with Gasteiger partial charge >= 0.3 is 0 Å². The Kier molecular flexibility index (Phi) is 4.58. The summed E-state index contributed by atoms with van der Waals surface area (Å²) in [6.07, 6.45) is 1.64. The van der Waals surface area contributed by atoms with Gasteiger partial charge in [0.25, 0.3) is 0 Å². The van der Waals surface area contributed by atoms with Gasteiger partial charge in [0, 0.05) is 17.2 Å². The predicted octanol–water partition coefficient (Wildman–Crippen LogP) is 2.50. The Labute approximate surface area is 129 Å². The smallest absolute Gasteiger partial charge is 0.157 e. The third kappa shape index (κ3) is 3.15. The number of allylic oxidation sites excluding steroid dienone is 2. The number of aromatic hydroxyl groups is 1. The molecule has 0 unspecified atom stereocenters. The monoisotopic (exact) mass is 306 g/mol. The van der Waals surface area contributed by atoms with Crippen LogP contribution in [0.5, 0.6) is 11.5 Å². The number of aliphatic hydroxyl groups is 2. The van der Waals surface area contributed by atoms with E-state index in [2.05, 4.69) is 0 Å². The first-order valence-corrected chi connectivity index (χ1v) is 7.29. The van der Waals surface area contributed by atoms with Crippen molar-refractivity contribution in [3.8, 4) is 11.5 Å². The minimum Gasteiger partial charge on any atom is -0.508 e. The number of ether oxygens (including phenoxy) is 1. The Morgan fingerprint density at radius 2 is 2.09 bits per heavy atom. The number of rotatable bonds is 5. The zero-order valence-electron chi connectivity index (χ0n) is 13.0. The number of benzene rings is 1. The molecule has 120 valence electrons. The second-order valence-corrected chi connectivity index (χ2v) is 6.23. The maximum Gasteiger partial charge on any atom is 0.157 e. The number of aliphatic hydroxyl groups excluding tert-OH is 1. The van der Waals surface area contributed by atoms with Gasteiger partial charge in [-0.25, -0.2) is 0 Å². The molecule has 0 aromatic heterocycles. The highest BCUT2D eigenvalue weighted by Crippen LogP contribution is 2.45. The summed E-state index contributed by atoms with van der Waals surface area (Å²) in [7, 11) is 0. The summed E-state index contributed by atoms with van der Waals surface area (Å²) >= 11 is 0. The first-order valence-electron chi connectivity index (χ1n) is 7.29. The Bertz CT molecular complexity index is 599. The van der Waals surface area contributed by atoms with Gasteiger partial charge < -0.3 is 20.1 Å². The van der Waals surface area contributed by atoms with Crippen molar-refractivity contribution in [3.63, 3.8) is 0 Å². The van der Waals surface area contributed by atoms with E-state index in [4.69, 9.17) is 4.74 Å². The Balaban J connectivity index is 2.25. The molecule has 1 heterocycles. The molecule has 3 atom stereocenters. The van der Waals surface area contributed by atoms with Crippen molar-refractivity contribution in [1.82, 2.24) is 0 Å². The summed E-state index contributed by atoms with van der Waals surface area (Å²) < 4.78 is 5.63. The summed E-state index contributed by atoms with van der Waals surface area (Å²) in [5.74, 6) is 0.125. The Morgan fingerprint density at radius 3 is 2.68 bits per heavy atom. The molecule has 0 saturated carbocycles. The number of phenols is 1. The molecule has 5 nitrogen and oxygen atoms in total. The lowest BCUT2D eigenvalue weighted by Gasteiger charge is -2.31. The van der Waals surface area contributed by atoms with E-state index in [-0.39, 0.29) is 17.1 Å². The topological polar surface area (TPSA) is 87.0 Å². The van der Waals surface area contributed by atoms with Gasteiger partial charge in [-0.1, -0.05) is 11.6 Å². The molecule has 0 aliphatic carbocycles. The van der Waals surface area contributed by atoms with E-state index in [9.17, 15) is 20.1 Å². The molecule has 5 heteroatoms. The van der Waals surface area contributed by atoms with Crippen molar-refractivity contribution in [2.45, 2.75) is 51.4 Å². The van der Waals surface area contributed by atoms with Crippen molar-refractivity contribution < 1.29 is 24.9 Å². The molecule has 0 saturated heterocycles. The number of carbonyl (C=O) groups is 1. The van der Waals surface area contributed by atoms with Crippen LogP contribution in [0.25, 0.3) is 0 Å². The third-order valence-corrected chi connectivity index (χ3v) is 3.94. The minimum absolute atomic E-state index is 0.113. The molecule has 2 rings (SSSR count). The van der Waals surface area contributed by atoms with Crippen LogP contribution in [0, 0.1) is 0 Å². The van der Waals surface area contributed by atoms with Crippen LogP contribution in [-0.4, -0.2) is 33.3 Å². The normalized spacial score (nSPS) is 22.4. The lowest BCUT2D eigenvalue weighted by molar-refractivity contribution is -0.0913. The van der Waals surface area contributed by atoms with Gasteiger partial charge in [-0.15, -0.1) is 0 Å². The van der Waals surface area contributed by atoms with E-state index in [1.165, 1.54) is 12.1 Å². The maximum atomic E-state index is 11.1. The van der Waals surface area contributed by atoms with Gasteiger partial charge in [-0.2, -0.15) is 0 Å². The lowest BCUT2D eigenvalue weighted by atomic mass is 9.87. The molecule has 0 spiro atoms.